The Balaban J connectivity index is 2.51. The molecule has 1 heterocycles. The molecule has 1 fully saturated rings. The van der Waals surface area contributed by atoms with E-state index in [4.69, 9.17) is 5.26 Å². The van der Waals surface area contributed by atoms with Crippen molar-refractivity contribution >= 4 is 6.03 Å². The van der Waals surface area contributed by atoms with Gasteiger partial charge in [-0.3, -0.25) is 0 Å². The minimum absolute atomic E-state index is 0.112. The Hall–Kier alpha value is -1.31. The fourth-order valence-electron chi connectivity index (χ4n) is 1.30. The third kappa shape index (κ3) is 2.08. The molecular weight excluding hydrogens is 173 g/mol. The molecule has 0 aromatic carbocycles. The van der Waals surface area contributed by atoms with Gasteiger partial charge in [-0.1, -0.05) is 0 Å². The topological polar surface area (TPSA) is 56.1 Å². The van der Waals surface area contributed by atoms with E-state index >= 15 is 0 Å². The summed E-state index contributed by atoms with van der Waals surface area (Å²) in [5.41, 5.74) is -1.84. The second-order valence-electron chi connectivity index (χ2n) is 3.08. The molecule has 72 valence electrons. The van der Waals surface area contributed by atoms with Gasteiger partial charge in [0.25, 0.3) is 0 Å². The van der Waals surface area contributed by atoms with Gasteiger partial charge >= 0.3 is 6.03 Å². The molecular formula is C8H12FN3O. The first kappa shape index (κ1) is 9.78. The van der Waals surface area contributed by atoms with Crippen molar-refractivity contribution in [2.75, 3.05) is 19.6 Å². The maximum absolute atomic E-state index is 13.3. The molecule has 0 radical (unpaired) electrons. The van der Waals surface area contributed by atoms with Crippen LogP contribution in [-0.2, 0) is 0 Å². The summed E-state index contributed by atoms with van der Waals surface area (Å²) in [6, 6.07) is 1.28. The minimum Gasteiger partial charge on any atom is -0.338 e. The van der Waals surface area contributed by atoms with Crippen molar-refractivity contribution < 1.29 is 9.18 Å². The summed E-state index contributed by atoms with van der Waals surface area (Å²) < 4.78 is 13.3. The van der Waals surface area contributed by atoms with Crippen LogP contribution in [0.1, 0.15) is 13.3 Å². The molecule has 0 aromatic heterocycles. The van der Waals surface area contributed by atoms with E-state index in [0.29, 0.717) is 13.1 Å². The molecule has 13 heavy (non-hydrogen) atoms. The van der Waals surface area contributed by atoms with Crippen molar-refractivity contribution in [2.45, 2.75) is 19.0 Å². The van der Waals surface area contributed by atoms with E-state index < -0.39 is 5.67 Å². The SMILES string of the molecule is CCNC(=O)N1CCC(F)(C#N)C1. The Morgan fingerprint density at radius 3 is 3.00 bits per heavy atom. The van der Waals surface area contributed by atoms with Crippen LogP contribution in [-0.4, -0.2) is 36.2 Å². The fraction of sp³-hybridized carbons (Fsp3) is 0.750. The molecule has 5 heteroatoms. The highest BCUT2D eigenvalue weighted by Crippen LogP contribution is 2.24. The van der Waals surface area contributed by atoms with Crippen LogP contribution in [0.15, 0.2) is 0 Å². The van der Waals surface area contributed by atoms with E-state index in [9.17, 15) is 9.18 Å². The second-order valence-corrected chi connectivity index (χ2v) is 3.08. The molecule has 1 atom stereocenters. The Kier molecular flexibility index (Phi) is 2.71. The van der Waals surface area contributed by atoms with Crippen LogP contribution in [0.4, 0.5) is 9.18 Å². The number of halogens is 1. The van der Waals surface area contributed by atoms with Crippen molar-refractivity contribution in [3.8, 4) is 6.07 Å². The lowest BCUT2D eigenvalue weighted by Gasteiger charge is -2.16. The number of hydrogen-bond donors (Lipinski definition) is 1. The zero-order valence-electron chi connectivity index (χ0n) is 7.51. The number of amides is 2. The van der Waals surface area contributed by atoms with Crippen LogP contribution in [0.2, 0.25) is 0 Å². The van der Waals surface area contributed by atoms with Gasteiger partial charge in [-0.05, 0) is 6.92 Å². The van der Waals surface area contributed by atoms with Gasteiger partial charge in [-0.25, -0.2) is 9.18 Å². The van der Waals surface area contributed by atoms with Gasteiger partial charge in [0.05, 0.1) is 6.54 Å². The van der Waals surface area contributed by atoms with E-state index in [1.54, 1.807) is 13.0 Å². The van der Waals surface area contributed by atoms with Crippen molar-refractivity contribution in [2.24, 2.45) is 0 Å². The fourth-order valence-corrected chi connectivity index (χ4v) is 1.30. The number of hydrogen-bond acceptors (Lipinski definition) is 2. The van der Waals surface area contributed by atoms with Crippen LogP contribution in [0.3, 0.4) is 0 Å². The number of likely N-dealkylation sites (tertiary alicyclic amines) is 1. The quantitative estimate of drug-likeness (QED) is 0.652. The molecule has 1 unspecified atom stereocenters. The molecule has 1 aliphatic heterocycles. The highest BCUT2D eigenvalue weighted by Gasteiger charge is 2.40. The van der Waals surface area contributed by atoms with E-state index in [1.165, 1.54) is 4.90 Å². The Bertz CT molecular complexity index is 250. The molecule has 1 saturated heterocycles. The van der Waals surface area contributed by atoms with Gasteiger partial charge in [0, 0.05) is 19.5 Å². The van der Waals surface area contributed by atoms with Crippen LogP contribution in [0, 0.1) is 11.3 Å². The third-order valence-electron chi connectivity index (χ3n) is 2.04. The summed E-state index contributed by atoms with van der Waals surface area (Å²) in [5, 5.41) is 11.0. The molecule has 1 rings (SSSR count). The average molecular weight is 185 g/mol. The summed E-state index contributed by atoms with van der Waals surface area (Å²) >= 11 is 0. The van der Waals surface area contributed by atoms with Crippen molar-refractivity contribution in [3.05, 3.63) is 0 Å². The number of nitrogens with zero attached hydrogens (tertiary/aromatic N) is 2. The summed E-state index contributed by atoms with van der Waals surface area (Å²) in [7, 11) is 0. The standard InChI is InChI=1S/C8H12FN3O/c1-2-11-7(13)12-4-3-8(9,5-10)6-12/h2-4,6H2,1H3,(H,11,13). The first-order chi connectivity index (χ1) is 6.11. The maximum atomic E-state index is 13.3. The molecule has 0 spiro atoms. The lowest BCUT2D eigenvalue weighted by molar-refractivity contribution is 0.195. The molecule has 0 saturated carbocycles. The first-order valence-corrected chi connectivity index (χ1v) is 4.24. The normalized spacial score (nSPS) is 27.0. The van der Waals surface area contributed by atoms with Crippen molar-refractivity contribution in [3.63, 3.8) is 0 Å². The highest BCUT2D eigenvalue weighted by atomic mass is 19.1. The van der Waals surface area contributed by atoms with Crippen LogP contribution < -0.4 is 5.32 Å². The smallest absolute Gasteiger partial charge is 0.317 e. The first-order valence-electron chi connectivity index (χ1n) is 4.24. The zero-order chi connectivity index (χ0) is 9.90. The molecule has 4 nitrogen and oxygen atoms in total. The van der Waals surface area contributed by atoms with E-state index in [2.05, 4.69) is 5.32 Å². The van der Waals surface area contributed by atoms with Crippen LogP contribution in [0.5, 0.6) is 0 Å². The zero-order valence-corrected chi connectivity index (χ0v) is 7.51. The number of rotatable bonds is 1. The van der Waals surface area contributed by atoms with Crippen molar-refractivity contribution in [1.29, 1.82) is 5.26 Å². The molecule has 1 N–H and O–H groups in total. The Labute approximate surface area is 76.3 Å². The third-order valence-corrected chi connectivity index (χ3v) is 2.04. The lowest BCUT2D eigenvalue weighted by Crippen LogP contribution is -2.40. The summed E-state index contributed by atoms with van der Waals surface area (Å²) in [6.45, 7) is 2.51. The van der Waals surface area contributed by atoms with Crippen molar-refractivity contribution in [1.82, 2.24) is 10.2 Å². The largest absolute Gasteiger partial charge is 0.338 e. The second kappa shape index (κ2) is 3.60. The van der Waals surface area contributed by atoms with Crippen LogP contribution in [0.25, 0.3) is 0 Å². The number of nitriles is 1. The van der Waals surface area contributed by atoms with Gasteiger partial charge in [0.2, 0.25) is 5.67 Å². The number of urea groups is 1. The number of carbonyl (C=O) groups excluding carboxylic acids is 1. The predicted molar refractivity (Wildman–Crippen MR) is 44.7 cm³/mol. The molecule has 1 aliphatic rings. The molecule has 0 aliphatic carbocycles. The monoisotopic (exact) mass is 185 g/mol. The van der Waals surface area contributed by atoms with E-state index in [-0.39, 0.29) is 19.0 Å². The van der Waals surface area contributed by atoms with Gasteiger partial charge < -0.3 is 10.2 Å². The highest BCUT2D eigenvalue weighted by molar-refractivity contribution is 5.74. The summed E-state index contributed by atoms with van der Waals surface area (Å²) in [6.07, 6.45) is 0.112. The molecule has 0 aromatic rings. The number of alkyl halides is 1. The van der Waals surface area contributed by atoms with Gasteiger partial charge in [-0.2, -0.15) is 5.26 Å². The maximum Gasteiger partial charge on any atom is 0.317 e. The average Bonchev–Trinajstić information content (AvgIpc) is 2.50. The van der Waals surface area contributed by atoms with Gasteiger partial charge in [-0.15, -0.1) is 0 Å². The van der Waals surface area contributed by atoms with Crippen LogP contribution >= 0.6 is 0 Å². The van der Waals surface area contributed by atoms with E-state index in [0.717, 1.165) is 0 Å². The van der Waals surface area contributed by atoms with Gasteiger partial charge in [0.15, 0.2) is 0 Å². The Morgan fingerprint density at radius 1 is 1.85 bits per heavy atom. The Morgan fingerprint density at radius 2 is 2.54 bits per heavy atom. The van der Waals surface area contributed by atoms with E-state index in [1.807, 2.05) is 0 Å². The number of carbonyl (C=O) groups is 1. The summed E-state index contributed by atoms with van der Waals surface area (Å²) in [5.74, 6) is 0. The van der Waals surface area contributed by atoms with Gasteiger partial charge in [0.1, 0.15) is 6.07 Å². The molecule has 0 bridgehead atoms. The molecule has 2 amide bonds. The minimum atomic E-state index is -1.84. The summed E-state index contributed by atoms with van der Waals surface area (Å²) in [4.78, 5) is 12.5. The predicted octanol–water partition coefficient (Wildman–Crippen LogP) is 0.653. The number of nitrogens with one attached hydrogen (secondary N) is 1. The lowest BCUT2D eigenvalue weighted by atomic mass is 10.1.